The fourth-order valence-electron chi connectivity index (χ4n) is 0.392. The number of hydrogen-bond donors (Lipinski definition) is 0. The predicted molar refractivity (Wildman–Crippen MR) is 24.9 cm³/mol. The monoisotopic (exact) mass is 184 g/mol. The molecule has 0 aliphatic carbocycles. The van der Waals surface area contributed by atoms with E-state index < -0.39 is 5.43 Å². The Morgan fingerprint density at radius 3 is 1.88 bits per heavy atom. The third-order valence-electron chi connectivity index (χ3n) is 0.848. The van der Waals surface area contributed by atoms with Crippen LogP contribution in [0, 0.1) is 13.0 Å². The van der Waals surface area contributed by atoms with Crippen molar-refractivity contribution in [3.8, 4) is 0 Å². The van der Waals surface area contributed by atoms with Gasteiger partial charge in [-0.3, -0.25) is 0 Å². The summed E-state index contributed by atoms with van der Waals surface area (Å²) < 4.78 is 0. The summed E-state index contributed by atoms with van der Waals surface area (Å²) in [6.45, 7) is 1.57. The van der Waals surface area contributed by atoms with Crippen molar-refractivity contribution in [2.45, 2.75) is 6.92 Å². The Hall–Kier alpha value is 0.184. The van der Waals surface area contributed by atoms with Gasteiger partial charge >= 0.3 is 0 Å². The average molecular weight is 184 g/mol. The Morgan fingerprint density at radius 1 is 1.38 bits per heavy atom. The van der Waals surface area contributed by atoms with E-state index in [1.54, 1.807) is 6.92 Å². The van der Waals surface area contributed by atoms with Gasteiger partial charge in [0.1, 0.15) is 10.9 Å². The van der Waals surface area contributed by atoms with Gasteiger partial charge in [0.2, 0.25) is 0 Å². The maximum Gasteiger partial charge on any atom is 0.113 e. The Kier molecular flexibility index (Phi) is 2.71. The molecule has 0 aromatic heterocycles. The van der Waals surface area contributed by atoms with E-state index in [2.05, 4.69) is 6.07 Å². The molecule has 1 rings (SSSR count). The van der Waals surface area contributed by atoms with Gasteiger partial charge in [-0.25, -0.2) is 0 Å². The molecule has 0 saturated heterocycles. The smallest absolute Gasteiger partial charge is 0.113 e. The van der Waals surface area contributed by atoms with Crippen molar-refractivity contribution in [2.24, 2.45) is 0 Å². The summed E-state index contributed by atoms with van der Waals surface area (Å²) in [5, 5.41) is 0. The minimum atomic E-state index is -0.488. The molecule has 1 radical (unpaired) electrons. The van der Waals surface area contributed by atoms with Crippen LogP contribution in [-0.4, -0.2) is 0 Å². The molecule has 0 atom stereocenters. The second kappa shape index (κ2) is 2.65. The maximum absolute atomic E-state index is 10.1. The first-order valence-corrected chi connectivity index (χ1v) is 1.91. The molecular formula is C5H3O2Y-. The first-order valence-electron chi connectivity index (χ1n) is 1.91. The molecule has 0 unspecified atom stereocenters. The van der Waals surface area contributed by atoms with Crippen LogP contribution in [0.3, 0.4) is 0 Å². The van der Waals surface area contributed by atoms with Crippen LogP contribution in [0.2, 0.25) is 0 Å². The Morgan fingerprint density at radius 2 is 1.88 bits per heavy atom. The summed E-state index contributed by atoms with van der Waals surface area (Å²) in [5.74, 6) is 0. The fourth-order valence-corrected chi connectivity index (χ4v) is 0.392. The van der Waals surface area contributed by atoms with Crippen LogP contribution in [0.15, 0.2) is 9.59 Å². The maximum atomic E-state index is 10.1. The van der Waals surface area contributed by atoms with Crippen molar-refractivity contribution >= 4 is 0 Å². The van der Waals surface area contributed by atoms with E-state index in [4.69, 9.17) is 0 Å². The van der Waals surface area contributed by atoms with Crippen molar-refractivity contribution in [1.82, 2.24) is 0 Å². The summed E-state index contributed by atoms with van der Waals surface area (Å²) in [6.07, 6.45) is 0. The third-order valence-corrected chi connectivity index (χ3v) is 0.848. The molecule has 0 aliphatic rings. The van der Waals surface area contributed by atoms with Gasteiger partial charge in [0, 0.05) is 32.7 Å². The molecule has 0 aliphatic heterocycles. The van der Waals surface area contributed by atoms with Crippen LogP contribution in [-0.2, 0) is 32.7 Å². The second-order valence-corrected chi connectivity index (χ2v) is 1.41. The number of aryl methyl sites for hydroxylation is 1. The molecule has 0 spiro atoms. The average Bonchev–Trinajstić information content (AvgIpc) is 1.68. The molecule has 0 heterocycles. The van der Waals surface area contributed by atoms with E-state index in [9.17, 15) is 9.59 Å². The second-order valence-electron chi connectivity index (χ2n) is 1.41. The van der Waals surface area contributed by atoms with Gasteiger partial charge in [-0.05, 0) is 0 Å². The van der Waals surface area contributed by atoms with Gasteiger partial charge in [-0.15, -0.1) is 11.6 Å². The van der Waals surface area contributed by atoms with Crippen molar-refractivity contribution in [3.63, 3.8) is 0 Å². The van der Waals surface area contributed by atoms with E-state index in [-0.39, 0.29) is 38.1 Å². The molecule has 1 aromatic rings. The quantitative estimate of drug-likeness (QED) is 0.398. The number of rotatable bonds is 0. The van der Waals surface area contributed by atoms with Crippen molar-refractivity contribution in [1.29, 1.82) is 0 Å². The van der Waals surface area contributed by atoms with Gasteiger partial charge in [0.15, 0.2) is 0 Å². The zero-order valence-electron chi connectivity index (χ0n) is 4.39. The Balaban J connectivity index is 0.000000490. The molecule has 39 valence electrons. The topological polar surface area (TPSA) is 34.1 Å². The van der Waals surface area contributed by atoms with Crippen molar-refractivity contribution < 1.29 is 32.7 Å². The van der Waals surface area contributed by atoms with Crippen LogP contribution in [0.25, 0.3) is 0 Å². The summed E-state index contributed by atoms with van der Waals surface area (Å²) in [6, 6.07) is 2.28. The van der Waals surface area contributed by atoms with Crippen LogP contribution in [0.1, 0.15) is 5.56 Å². The standard InChI is InChI=1S/C5H3O2.Y/c1-3-2-4(6)5(3)7;/h1H3;/q-1;. The fraction of sp³-hybridized carbons (Fsp3) is 0.200. The first-order chi connectivity index (χ1) is 3.22. The molecule has 0 saturated carbocycles. The van der Waals surface area contributed by atoms with Gasteiger partial charge in [0.05, 0.1) is 0 Å². The number of hydrogen-bond acceptors (Lipinski definition) is 2. The van der Waals surface area contributed by atoms with Crippen molar-refractivity contribution in [3.05, 3.63) is 32.1 Å². The molecule has 1 aromatic carbocycles. The van der Waals surface area contributed by atoms with Crippen LogP contribution in [0.5, 0.6) is 0 Å². The summed E-state index contributed by atoms with van der Waals surface area (Å²) in [5.41, 5.74) is -0.428. The van der Waals surface area contributed by atoms with E-state index in [1.165, 1.54) is 0 Å². The zero-order valence-corrected chi connectivity index (χ0v) is 7.23. The van der Waals surface area contributed by atoms with Crippen LogP contribution < -0.4 is 10.9 Å². The van der Waals surface area contributed by atoms with E-state index in [0.29, 0.717) is 5.56 Å². The zero-order chi connectivity index (χ0) is 5.44. The Labute approximate surface area is 71.5 Å². The largest absolute Gasteiger partial charge is 0.362 e. The first kappa shape index (κ1) is 8.18. The molecule has 0 bridgehead atoms. The predicted octanol–water partition coefficient (Wildman–Crippen LogP) is -0.611. The molecule has 8 heavy (non-hydrogen) atoms. The summed E-state index contributed by atoms with van der Waals surface area (Å²) >= 11 is 0. The van der Waals surface area contributed by atoms with Gasteiger partial charge < -0.3 is 9.59 Å². The summed E-state index contributed by atoms with van der Waals surface area (Å²) in [4.78, 5) is 20.1. The molecule has 0 amide bonds. The summed E-state index contributed by atoms with van der Waals surface area (Å²) in [7, 11) is 0. The molecular weight excluding hydrogens is 181 g/mol. The van der Waals surface area contributed by atoms with Crippen LogP contribution >= 0.6 is 0 Å². The van der Waals surface area contributed by atoms with Gasteiger partial charge in [-0.2, -0.15) is 0 Å². The minimum Gasteiger partial charge on any atom is -0.362 e. The normalized spacial score (nSPS) is 8.62. The third kappa shape index (κ3) is 1.12. The van der Waals surface area contributed by atoms with E-state index in [0.717, 1.165) is 0 Å². The Bertz CT molecular complexity index is 244. The molecule has 0 fully saturated rings. The van der Waals surface area contributed by atoms with Crippen molar-refractivity contribution in [2.75, 3.05) is 0 Å². The van der Waals surface area contributed by atoms with Crippen LogP contribution in [0.4, 0.5) is 0 Å². The SMILES string of the molecule is Cc1[c-]c(=O)c1=O.[Y]. The minimum absolute atomic E-state index is 0. The van der Waals surface area contributed by atoms with E-state index >= 15 is 0 Å². The molecule has 2 nitrogen and oxygen atoms in total. The van der Waals surface area contributed by atoms with Gasteiger partial charge in [0.25, 0.3) is 0 Å². The van der Waals surface area contributed by atoms with Gasteiger partial charge in [-0.1, -0.05) is 6.92 Å². The molecule has 0 N–H and O–H groups in total. The van der Waals surface area contributed by atoms with E-state index in [1.807, 2.05) is 0 Å². The molecule has 3 heteroatoms.